The smallest absolute Gasteiger partial charge is 0.124 e. The minimum atomic E-state index is -0.175. The molecule has 1 atom stereocenters. The number of hydrogen-bond acceptors (Lipinski definition) is 2. The molecule has 0 aliphatic rings. The molecule has 0 saturated carbocycles. The van der Waals surface area contributed by atoms with Gasteiger partial charge >= 0.3 is 0 Å². The predicted molar refractivity (Wildman–Crippen MR) is 93.8 cm³/mol. The monoisotopic (exact) mass is 403 g/mol. The SMILES string of the molecule is CCCNC(CC)c1ccc(-c2ccc(F)cc2I)s1. The molecule has 20 heavy (non-hydrogen) atoms. The average molecular weight is 403 g/mol. The molecule has 4 heteroatoms. The van der Waals surface area contributed by atoms with Crippen molar-refractivity contribution < 1.29 is 4.39 Å². The Morgan fingerprint density at radius 1 is 1.25 bits per heavy atom. The average Bonchev–Trinajstić information content (AvgIpc) is 2.89. The molecule has 2 rings (SSSR count). The second-order valence-electron chi connectivity index (χ2n) is 4.74. The zero-order valence-corrected chi connectivity index (χ0v) is 14.7. The lowest BCUT2D eigenvalue weighted by molar-refractivity contribution is 0.525. The molecular weight excluding hydrogens is 384 g/mol. The highest BCUT2D eigenvalue weighted by Gasteiger charge is 2.13. The van der Waals surface area contributed by atoms with Gasteiger partial charge in [0.25, 0.3) is 0 Å². The van der Waals surface area contributed by atoms with Crippen molar-refractivity contribution in [3.8, 4) is 10.4 Å². The van der Waals surface area contributed by atoms with E-state index in [4.69, 9.17) is 0 Å². The molecule has 0 saturated heterocycles. The molecule has 0 bridgehead atoms. The summed E-state index contributed by atoms with van der Waals surface area (Å²) in [6.07, 6.45) is 2.23. The lowest BCUT2D eigenvalue weighted by Crippen LogP contribution is -2.20. The maximum Gasteiger partial charge on any atom is 0.124 e. The highest BCUT2D eigenvalue weighted by molar-refractivity contribution is 14.1. The molecule has 1 unspecified atom stereocenters. The van der Waals surface area contributed by atoms with Gasteiger partial charge in [-0.3, -0.25) is 0 Å². The summed E-state index contributed by atoms with van der Waals surface area (Å²) in [7, 11) is 0. The first-order valence-electron chi connectivity index (χ1n) is 6.94. The van der Waals surface area contributed by atoms with Crippen molar-refractivity contribution in [1.82, 2.24) is 5.32 Å². The summed E-state index contributed by atoms with van der Waals surface area (Å²) in [5.41, 5.74) is 1.12. The summed E-state index contributed by atoms with van der Waals surface area (Å²) in [5.74, 6) is -0.175. The number of hydrogen-bond donors (Lipinski definition) is 1. The molecule has 0 fully saturated rings. The Morgan fingerprint density at radius 3 is 2.70 bits per heavy atom. The third kappa shape index (κ3) is 3.80. The third-order valence-electron chi connectivity index (χ3n) is 3.22. The van der Waals surface area contributed by atoms with Gasteiger partial charge in [0.1, 0.15) is 5.82 Å². The first-order chi connectivity index (χ1) is 9.65. The Hall–Kier alpha value is -0.460. The Labute approximate surface area is 137 Å². The van der Waals surface area contributed by atoms with Crippen LogP contribution in [0.1, 0.15) is 37.6 Å². The molecule has 0 spiro atoms. The molecule has 2 aromatic rings. The standard InChI is InChI=1S/C16H19FINS/c1-3-9-19-14(4-2)16-8-7-15(20-16)12-6-5-11(17)10-13(12)18/h5-8,10,14,19H,3-4,9H2,1-2H3. The predicted octanol–water partition coefficient (Wildman–Crippen LogP) is 5.61. The van der Waals surface area contributed by atoms with Crippen molar-refractivity contribution in [2.75, 3.05) is 6.54 Å². The van der Waals surface area contributed by atoms with Crippen LogP contribution in [0.2, 0.25) is 0 Å². The molecule has 0 amide bonds. The second kappa shape index (κ2) is 7.52. The number of benzene rings is 1. The van der Waals surface area contributed by atoms with Crippen LogP contribution in [0.5, 0.6) is 0 Å². The zero-order valence-electron chi connectivity index (χ0n) is 11.7. The van der Waals surface area contributed by atoms with E-state index in [1.807, 2.05) is 6.07 Å². The molecule has 1 aromatic heterocycles. The molecular formula is C16H19FINS. The van der Waals surface area contributed by atoms with Crippen LogP contribution < -0.4 is 5.32 Å². The lowest BCUT2D eigenvalue weighted by Gasteiger charge is -2.14. The van der Waals surface area contributed by atoms with Crippen LogP contribution in [0.15, 0.2) is 30.3 Å². The van der Waals surface area contributed by atoms with Crippen LogP contribution in [-0.2, 0) is 0 Å². The fourth-order valence-corrected chi connectivity index (χ4v) is 4.30. The molecule has 1 N–H and O–H groups in total. The van der Waals surface area contributed by atoms with E-state index >= 15 is 0 Å². The van der Waals surface area contributed by atoms with Gasteiger partial charge in [-0.2, -0.15) is 0 Å². The summed E-state index contributed by atoms with van der Waals surface area (Å²) in [5, 5.41) is 3.57. The topological polar surface area (TPSA) is 12.0 Å². The van der Waals surface area contributed by atoms with E-state index in [1.54, 1.807) is 17.4 Å². The summed E-state index contributed by atoms with van der Waals surface area (Å²) in [6.45, 7) is 5.43. The molecule has 0 aliphatic carbocycles. The van der Waals surface area contributed by atoms with E-state index in [0.717, 1.165) is 28.5 Å². The summed E-state index contributed by atoms with van der Waals surface area (Å²) in [6, 6.07) is 9.74. The van der Waals surface area contributed by atoms with Crippen molar-refractivity contribution in [3.05, 3.63) is 44.6 Å². The Kier molecular flexibility index (Phi) is 5.99. The molecule has 0 aliphatic heterocycles. The molecule has 1 aromatic carbocycles. The van der Waals surface area contributed by atoms with Gasteiger partial charge < -0.3 is 5.32 Å². The van der Waals surface area contributed by atoms with Gasteiger partial charge in [-0.15, -0.1) is 11.3 Å². The van der Waals surface area contributed by atoms with Crippen LogP contribution in [-0.4, -0.2) is 6.54 Å². The summed E-state index contributed by atoms with van der Waals surface area (Å²) >= 11 is 4.00. The van der Waals surface area contributed by atoms with Gasteiger partial charge in [-0.05, 0) is 72.3 Å². The summed E-state index contributed by atoms with van der Waals surface area (Å²) in [4.78, 5) is 2.57. The number of thiophene rings is 1. The van der Waals surface area contributed by atoms with Gasteiger partial charge in [-0.25, -0.2) is 4.39 Å². The summed E-state index contributed by atoms with van der Waals surface area (Å²) < 4.78 is 14.1. The highest BCUT2D eigenvalue weighted by Crippen LogP contribution is 2.35. The third-order valence-corrected chi connectivity index (χ3v) is 5.34. The van der Waals surface area contributed by atoms with E-state index in [0.29, 0.717) is 6.04 Å². The number of halogens is 2. The van der Waals surface area contributed by atoms with Crippen molar-refractivity contribution >= 4 is 33.9 Å². The van der Waals surface area contributed by atoms with E-state index < -0.39 is 0 Å². The van der Waals surface area contributed by atoms with E-state index in [1.165, 1.54) is 15.8 Å². The van der Waals surface area contributed by atoms with Gasteiger partial charge in [-0.1, -0.05) is 13.8 Å². The molecule has 108 valence electrons. The van der Waals surface area contributed by atoms with E-state index in [-0.39, 0.29) is 5.82 Å². The maximum absolute atomic E-state index is 13.2. The number of nitrogens with one attached hydrogen (secondary N) is 1. The fourth-order valence-electron chi connectivity index (χ4n) is 2.14. The maximum atomic E-state index is 13.2. The highest BCUT2D eigenvalue weighted by atomic mass is 127. The van der Waals surface area contributed by atoms with Crippen LogP contribution in [0.25, 0.3) is 10.4 Å². The van der Waals surface area contributed by atoms with Crippen LogP contribution in [0, 0.1) is 9.39 Å². The lowest BCUT2D eigenvalue weighted by atomic mass is 10.1. The largest absolute Gasteiger partial charge is 0.309 e. The van der Waals surface area contributed by atoms with Crippen molar-refractivity contribution in [3.63, 3.8) is 0 Å². The van der Waals surface area contributed by atoms with Crippen LogP contribution >= 0.6 is 33.9 Å². The van der Waals surface area contributed by atoms with Crippen molar-refractivity contribution in [1.29, 1.82) is 0 Å². The van der Waals surface area contributed by atoms with Gasteiger partial charge in [0, 0.05) is 24.9 Å². The van der Waals surface area contributed by atoms with Crippen molar-refractivity contribution in [2.45, 2.75) is 32.7 Å². The fraction of sp³-hybridized carbons (Fsp3) is 0.375. The van der Waals surface area contributed by atoms with Gasteiger partial charge in [0.05, 0.1) is 0 Å². The minimum Gasteiger partial charge on any atom is -0.309 e. The second-order valence-corrected chi connectivity index (χ2v) is 7.02. The normalized spacial score (nSPS) is 12.6. The van der Waals surface area contributed by atoms with E-state index in [2.05, 4.69) is 53.9 Å². The Balaban J connectivity index is 2.23. The molecule has 1 nitrogen and oxygen atoms in total. The number of rotatable bonds is 6. The molecule has 0 radical (unpaired) electrons. The molecule has 1 heterocycles. The minimum absolute atomic E-state index is 0.175. The first-order valence-corrected chi connectivity index (χ1v) is 8.83. The zero-order chi connectivity index (χ0) is 14.5. The first kappa shape index (κ1) is 15.9. The van der Waals surface area contributed by atoms with E-state index in [9.17, 15) is 4.39 Å². The Bertz CT molecular complexity index is 567. The van der Waals surface area contributed by atoms with Crippen LogP contribution in [0.4, 0.5) is 4.39 Å². The van der Waals surface area contributed by atoms with Crippen molar-refractivity contribution in [2.24, 2.45) is 0 Å². The van der Waals surface area contributed by atoms with Gasteiger partial charge in [0.15, 0.2) is 0 Å². The van der Waals surface area contributed by atoms with Crippen LogP contribution in [0.3, 0.4) is 0 Å². The van der Waals surface area contributed by atoms with Gasteiger partial charge in [0.2, 0.25) is 0 Å². The Morgan fingerprint density at radius 2 is 2.05 bits per heavy atom. The quantitative estimate of drug-likeness (QED) is 0.619.